The van der Waals surface area contributed by atoms with E-state index in [0.29, 0.717) is 17.3 Å². The number of ether oxygens (including phenoxy) is 1. The molecule has 0 radical (unpaired) electrons. The number of rotatable bonds is 7. The molecule has 0 fully saturated rings. The predicted molar refractivity (Wildman–Crippen MR) is 119 cm³/mol. The van der Waals surface area contributed by atoms with Gasteiger partial charge in [0.1, 0.15) is 17.5 Å². The number of hydrogen-bond acceptors (Lipinski definition) is 8. The van der Waals surface area contributed by atoms with Crippen molar-refractivity contribution in [2.75, 3.05) is 0 Å². The van der Waals surface area contributed by atoms with Gasteiger partial charge in [-0.05, 0) is 23.3 Å². The van der Waals surface area contributed by atoms with Crippen LogP contribution in [0.2, 0.25) is 0 Å². The Hall–Kier alpha value is -4.16. The zero-order valence-electron chi connectivity index (χ0n) is 16.9. The molecule has 0 aliphatic rings. The maximum atomic E-state index is 9.77. The molecule has 8 nitrogen and oxygen atoms in total. The molecule has 32 heavy (non-hydrogen) atoms. The van der Waals surface area contributed by atoms with Crippen LogP contribution < -0.4 is 4.74 Å². The summed E-state index contributed by atoms with van der Waals surface area (Å²) in [6.07, 6.45) is 10.5. The van der Waals surface area contributed by atoms with E-state index in [2.05, 4.69) is 43.1 Å². The summed E-state index contributed by atoms with van der Waals surface area (Å²) in [6.45, 7) is 1.10. The molecule has 1 atom stereocenters. The average molecular weight is 440 g/mol. The van der Waals surface area contributed by atoms with Crippen LogP contribution in [0.4, 0.5) is 0 Å². The van der Waals surface area contributed by atoms with E-state index in [-0.39, 0.29) is 6.01 Å². The van der Waals surface area contributed by atoms with Gasteiger partial charge in [0.25, 0.3) is 0 Å². The van der Waals surface area contributed by atoms with E-state index in [4.69, 9.17) is 4.74 Å². The fraction of sp³-hybridized carbons (Fsp3) is 0.130. The summed E-state index contributed by atoms with van der Waals surface area (Å²) in [5.74, 6) is -0.597. The third-order valence-electron chi connectivity index (χ3n) is 4.85. The molecule has 1 unspecified atom stereocenters. The Bertz CT molecular complexity index is 1340. The molecule has 0 amide bonds. The highest BCUT2D eigenvalue weighted by molar-refractivity contribution is 7.18. The predicted octanol–water partition coefficient (Wildman–Crippen LogP) is 3.96. The molecule has 5 aromatic rings. The van der Waals surface area contributed by atoms with Gasteiger partial charge in [0.05, 0.1) is 34.5 Å². The molecule has 9 heteroatoms. The molecular formula is C23H17N7OS. The van der Waals surface area contributed by atoms with E-state index >= 15 is 0 Å². The molecule has 0 aliphatic heterocycles. The standard InChI is InChI=1S/C23H17N7OS/c24-11-18(22-28-20-12-25-7-6-21(20)32-22)19-5-8-27-23(29-19)31-14-17-3-1-16(2-4-17)13-30-10-9-26-15-30/h1-10,12,15,18H,13-14H2. The summed E-state index contributed by atoms with van der Waals surface area (Å²) >= 11 is 1.46. The fourth-order valence-electron chi connectivity index (χ4n) is 3.23. The first kappa shape index (κ1) is 19.8. The second kappa shape index (κ2) is 8.91. The first-order valence-electron chi connectivity index (χ1n) is 9.88. The van der Waals surface area contributed by atoms with Crippen molar-refractivity contribution in [3.05, 3.63) is 95.5 Å². The van der Waals surface area contributed by atoms with Gasteiger partial charge in [-0.3, -0.25) is 4.98 Å². The van der Waals surface area contributed by atoms with E-state index in [0.717, 1.165) is 22.3 Å². The number of pyridine rings is 1. The van der Waals surface area contributed by atoms with Crippen LogP contribution in [0, 0.1) is 11.3 Å². The number of imidazole rings is 1. The Morgan fingerprint density at radius 3 is 2.66 bits per heavy atom. The summed E-state index contributed by atoms with van der Waals surface area (Å²) in [4.78, 5) is 21.3. The van der Waals surface area contributed by atoms with Gasteiger partial charge < -0.3 is 9.30 Å². The summed E-state index contributed by atoms with van der Waals surface area (Å²) in [5, 5.41) is 10.4. The van der Waals surface area contributed by atoms with Crippen molar-refractivity contribution >= 4 is 21.6 Å². The lowest BCUT2D eigenvalue weighted by Gasteiger charge is -2.09. The minimum atomic E-state index is -0.597. The molecule has 4 heterocycles. The van der Waals surface area contributed by atoms with Crippen LogP contribution in [0.1, 0.15) is 27.7 Å². The highest BCUT2D eigenvalue weighted by atomic mass is 32.1. The minimum absolute atomic E-state index is 0.230. The average Bonchev–Trinajstić information content (AvgIpc) is 3.49. The molecule has 0 saturated heterocycles. The number of nitrogens with zero attached hydrogens (tertiary/aromatic N) is 7. The van der Waals surface area contributed by atoms with Gasteiger partial charge in [-0.15, -0.1) is 11.3 Å². The van der Waals surface area contributed by atoms with Crippen LogP contribution in [0.25, 0.3) is 10.2 Å². The molecule has 156 valence electrons. The highest BCUT2D eigenvalue weighted by Gasteiger charge is 2.20. The SMILES string of the molecule is N#CC(c1ccnc(OCc2ccc(Cn3ccnc3)cc2)n1)c1nc2cnccc2s1. The maximum absolute atomic E-state index is 9.77. The van der Waals surface area contributed by atoms with E-state index in [9.17, 15) is 5.26 Å². The van der Waals surface area contributed by atoms with Crippen molar-refractivity contribution in [3.63, 3.8) is 0 Å². The van der Waals surface area contributed by atoms with E-state index in [1.807, 2.05) is 29.0 Å². The zero-order valence-corrected chi connectivity index (χ0v) is 17.7. The van der Waals surface area contributed by atoms with Crippen molar-refractivity contribution in [1.82, 2.24) is 29.5 Å². The molecule has 4 aromatic heterocycles. The second-order valence-corrected chi connectivity index (χ2v) is 8.12. The number of benzene rings is 1. The number of aromatic nitrogens is 6. The van der Waals surface area contributed by atoms with Gasteiger partial charge in [0, 0.05) is 31.3 Å². The van der Waals surface area contributed by atoms with Crippen molar-refractivity contribution in [2.24, 2.45) is 0 Å². The smallest absolute Gasteiger partial charge is 0.316 e. The number of thiazole rings is 1. The topological polar surface area (TPSA) is 102 Å². The number of hydrogen-bond donors (Lipinski definition) is 0. The summed E-state index contributed by atoms with van der Waals surface area (Å²) in [5.41, 5.74) is 3.51. The maximum Gasteiger partial charge on any atom is 0.316 e. The molecule has 0 N–H and O–H groups in total. The lowest BCUT2D eigenvalue weighted by atomic mass is 10.1. The van der Waals surface area contributed by atoms with Crippen LogP contribution >= 0.6 is 11.3 Å². The Balaban J connectivity index is 1.28. The molecule has 0 spiro atoms. The lowest BCUT2D eigenvalue weighted by molar-refractivity contribution is 0.279. The van der Waals surface area contributed by atoms with E-state index in [1.54, 1.807) is 37.2 Å². The summed E-state index contributed by atoms with van der Waals surface area (Å²) in [7, 11) is 0. The fourth-order valence-corrected chi connectivity index (χ4v) is 4.23. The monoisotopic (exact) mass is 439 g/mol. The number of nitriles is 1. The lowest BCUT2D eigenvalue weighted by Crippen LogP contribution is -2.05. The number of fused-ring (bicyclic) bond motifs is 1. The van der Waals surface area contributed by atoms with E-state index < -0.39 is 5.92 Å². The first-order chi connectivity index (χ1) is 15.8. The molecule has 0 aliphatic carbocycles. The third-order valence-corrected chi connectivity index (χ3v) is 5.95. The van der Waals surface area contributed by atoms with Crippen LogP contribution in [0.5, 0.6) is 6.01 Å². The third kappa shape index (κ3) is 4.31. The van der Waals surface area contributed by atoms with Gasteiger partial charge in [0.2, 0.25) is 0 Å². The Morgan fingerprint density at radius 1 is 1.00 bits per heavy atom. The molecule has 5 rings (SSSR count). The summed E-state index contributed by atoms with van der Waals surface area (Å²) in [6, 6.07) is 14.3. The van der Waals surface area contributed by atoms with Crippen LogP contribution in [-0.4, -0.2) is 29.5 Å². The van der Waals surface area contributed by atoms with Gasteiger partial charge in [-0.2, -0.15) is 10.2 Å². The molecule has 0 bridgehead atoms. The van der Waals surface area contributed by atoms with Crippen LogP contribution in [0.15, 0.2) is 73.7 Å². The Labute approximate surface area is 187 Å². The van der Waals surface area contributed by atoms with Crippen molar-refractivity contribution in [1.29, 1.82) is 5.26 Å². The molecular weight excluding hydrogens is 422 g/mol. The molecule has 1 aromatic carbocycles. The van der Waals surface area contributed by atoms with Gasteiger partial charge in [0.15, 0.2) is 0 Å². The Kier molecular flexibility index (Phi) is 5.51. The van der Waals surface area contributed by atoms with Crippen LogP contribution in [-0.2, 0) is 13.2 Å². The second-order valence-electron chi connectivity index (χ2n) is 7.06. The van der Waals surface area contributed by atoms with Gasteiger partial charge in [-0.25, -0.2) is 15.0 Å². The summed E-state index contributed by atoms with van der Waals surface area (Å²) < 4.78 is 8.79. The van der Waals surface area contributed by atoms with Crippen molar-refractivity contribution < 1.29 is 4.74 Å². The first-order valence-corrected chi connectivity index (χ1v) is 10.7. The van der Waals surface area contributed by atoms with Crippen molar-refractivity contribution in [2.45, 2.75) is 19.1 Å². The van der Waals surface area contributed by atoms with Gasteiger partial charge in [-0.1, -0.05) is 24.3 Å². The van der Waals surface area contributed by atoms with Gasteiger partial charge >= 0.3 is 6.01 Å². The quantitative estimate of drug-likeness (QED) is 0.378. The van der Waals surface area contributed by atoms with Crippen molar-refractivity contribution in [3.8, 4) is 12.1 Å². The Morgan fingerprint density at radius 2 is 1.88 bits per heavy atom. The highest BCUT2D eigenvalue weighted by Crippen LogP contribution is 2.30. The normalized spacial score (nSPS) is 11.8. The van der Waals surface area contributed by atoms with E-state index in [1.165, 1.54) is 16.9 Å². The molecule has 0 saturated carbocycles. The largest absolute Gasteiger partial charge is 0.459 e. The minimum Gasteiger partial charge on any atom is -0.459 e. The zero-order chi connectivity index (χ0) is 21.8. The van der Waals surface area contributed by atoms with Crippen LogP contribution in [0.3, 0.4) is 0 Å².